The van der Waals surface area contributed by atoms with Crippen LogP contribution in [0.4, 0.5) is 4.79 Å². The zero-order valence-electron chi connectivity index (χ0n) is 6.34. The molecule has 0 radical (unpaired) electrons. The van der Waals surface area contributed by atoms with Crippen molar-refractivity contribution >= 4 is 6.03 Å². The molecule has 1 heterocycles. The largest absolute Gasteiger partial charge is 0.351 e. The fourth-order valence-electron chi connectivity index (χ4n) is 1.36. The number of primary amides is 1. The lowest BCUT2D eigenvalue weighted by atomic mass is 9.99. The number of rotatable bonds is 2. The second-order valence-corrected chi connectivity index (χ2v) is 2.76. The van der Waals surface area contributed by atoms with Crippen molar-refractivity contribution in [2.24, 2.45) is 5.73 Å². The average Bonchev–Trinajstić information content (AvgIpc) is 1.78. The van der Waals surface area contributed by atoms with Crippen LogP contribution in [-0.2, 0) is 0 Å². The summed E-state index contributed by atoms with van der Waals surface area (Å²) >= 11 is 0. The van der Waals surface area contributed by atoms with E-state index in [0.29, 0.717) is 6.04 Å². The van der Waals surface area contributed by atoms with E-state index in [9.17, 15) is 4.79 Å². The van der Waals surface area contributed by atoms with Crippen LogP contribution >= 0.6 is 0 Å². The van der Waals surface area contributed by atoms with E-state index in [0.717, 1.165) is 25.8 Å². The summed E-state index contributed by atoms with van der Waals surface area (Å²) in [7, 11) is 0. The third-order valence-corrected chi connectivity index (χ3v) is 2.05. The Morgan fingerprint density at radius 3 is 2.80 bits per heavy atom. The molecule has 2 amide bonds. The maximum Gasteiger partial charge on any atom is 0.315 e. The first-order valence-electron chi connectivity index (χ1n) is 3.81. The van der Waals surface area contributed by atoms with Crippen molar-refractivity contribution in [2.75, 3.05) is 6.54 Å². The average molecular weight is 142 g/mol. The highest BCUT2D eigenvalue weighted by molar-refractivity contribution is 5.73. The van der Waals surface area contributed by atoms with Gasteiger partial charge in [-0.15, -0.1) is 0 Å². The summed E-state index contributed by atoms with van der Waals surface area (Å²) in [6.07, 6.45) is 3.37. The van der Waals surface area contributed by atoms with Gasteiger partial charge in [-0.1, -0.05) is 13.3 Å². The zero-order valence-corrected chi connectivity index (χ0v) is 6.34. The number of amides is 2. The van der Waals surface area contributed by atoms with E-state index >= 15 is 0 Å². The van der Waals surface area contributed by atoms with Crippen LogP contribution in [0.5, 0.6) is 0 Å². The quantitative estimate of drug-likeness (QED) is 0.612. The van der Waals surface area contributed by atoms with Gasteiger partial charge >= 0.3 is 6.03 Å². The lowest BCUT2D eigenvalue weighted by Crippen LogP contribution is -2.53. The van der Waals surface area contributed by atoms with Gasteiger partial charge in [0.05, 0.1) is 0 Å². The smallest absolute Gasteiger partial charge is 0.315 e. The monoisotopic (exact) mass is 142 g/mol. The van der Waals surface area contributed by atoms with Crippen molar-refractivity contribution in [3.05, 3.63) is 0 Å². The Labute approximate surface area is 61.2 Å². The van der Waals surface area contributed by atoms with E-state index in [-0.39, 0.29) is 6.03 Å². The number of carbonyl (C=O) groups is 1. The molecule has 1 rings (SSSR count). The summed E-state index contributed by atoms with van der Waals surface area (Å²) in [6.45, 7) is 2.98. The van der Waals surface area contributed by atoms with Gasteiger partial charge in [0.15, 0.2) is 0 Å². The molecule has 1 fully saturated rings. The van der Waals surface area contributed by atoms with Crippen molar-refractivity contribution in [1.29, 1.82) is 0 Å². The standard InChI is InChI=1S/C7H14N2O/c1-2-3-6-4-5-9(6)7(8)10/h6H,2-5H2,1H3,(H2,8,10). The second-order valence-electron chi connectivity index (χ2n) is 2.76. The summed E-state index contributed by atoms with van der Waals surface area (Å²) in [5.41, 5.74) is 5.11. The molecule has 1 atom stereocenters. The van der Waals surface area contributed by atoms with Crippen LogP contribution in [0.25, 0.3) is 0 Å². The van der Waals surface area contributed by atoms with Crippen LogP contribution in [0.2, 0.25) is 0 Å². The number of likely N-dealkylation sites (tertiary alicyclic amines) is 1. The number of carbonyl (C=O) groups excluding carboxylic acids is 1. The van der Waals surface area contributed by atoms with E-state index in [1.165, 1.54) is 0 Å². The molecule has 3 heteroatoms. The highest BCUT2D eigenvalue weighted by Gasteiger charge is 2.29. The van der Waals surface area contributed by atoms with E-state index in [1.807, 2.05) is 0 Å². The maximum atomic E-state index is 10.6. The van der Waals surface area contributed by atoms with Crippen LogP contribution in [0, 0.1) is 0 Å². The molecule has 2 N–H and O–H groups in total. The highest BCUT2D eigenvalue weighted by atomic mass is 16.2. The van der Waals surface area contributed by atoms with Gasteiger partial charge in [-0.25, -0.2) is 4.79 Å². The van der Waals surface area contributed by atoms with Crippen molar-refractivity contribution in [3.63, 3.8) is 0 Å². The van der Waals surface area contributed by atoms with Gasteiger partial charge < -0.3 is 10.6 Å². The van der Waals surface area contributed by atoms with Gasteiger partial charge in [0, 0.05) is 12.6 Å². The van der Waals surface area contributed by atoms with Crippen molar-refractivity contribution in [3.8, 4) is 0 Å². The third kappa shape index (κ3) is 1.23. The molecule has 0 aromatic heterocycles. The molecule has 3 nitrogen and oxygen atoms in total. The van der Waals surface area contributed by atoms with Crippen LogP contribution in [0.3, 0.4) is 0 Å². The van der Waals surface area contributed by atoms with Gasteiger partial charge in [0.2, 0.25) is 0 Å². The van der Waals surface area contributed by atoms with Crippen molar-refractivity contribution < 1.29 is 4.79 Å². The minimum absolute atomic E-state index is 0.260. The predicted molar refractivity (Wildman–Crippen MR) is 39.6 cm³/mol. The summed E-state index contributed by atoms with van der Waals surface area (Å²) in [4.78, 5) is 12.4. The molecule has 1 unspecified atom stereocenters. The van der Waals surface area contributed by atoms with Gasteiger partial charge in [-0.05, 0) is 12.8 Å². The van der Waals surface area contributed by atoms with Gasteiger partial charge in [-0.3, -0.25) is 0 Å². The molecule has 1 saturated heterocycles. The second kappa shape index (κ2) is 2.90. The topological polar surface area (TPSA) is 46.3 Å². The van der Waals surface area contributed by atoms with E-state index in [2.05, 4.69) is 6.92 Å². The predicted octanol–water partition coefficient (Wildman–Crippen LogP) is 0.940. The fraction of sp³-hybridized carbons (Fsp3) is 0.857. The Morgan fingerprint density at radius 2 is 2.50 bits per heavy atom. The molecule has 0 bridgehead atoms. The number of nitrogens with zero attached hydrogens (tertiary/aromatic N) is 1. The molecule has 1 aliphatic heterocycles. The minimum atomic E-state index is -0.260. The lowest BCUT2D eigenvalue weighted by Gasteiger charge is -2.39. The Hall–Kier alpha value is -0.730. The molecular weight excluding hydrogens is 128 g/mol. The summed E-state index contributed by atoms with van der Waals surface area (Å²) in [5.74, 6) is 0. The van der Waals surface area contributed by atoms with Crippen LogP contribution < -0.4 is 5.73 Å². The van der Waals surface area contributed by atoms with E-state index in [4.69, 9.17) is 5.73 Å². The highest BCUT2D eigenvalue weighted by Crippen LogP contribution is 2.20. The maximum absolute atomic E-state index is 10.6. The first kappa shape index (κ1) is 7.38. The Balaban J connectivity index is 2.28. The Bertz CT molecular complexity index is 136. The van der Waals surface area contributed by atoms with Gasteiger partial charge in [0.1, 0.15) is 0 Å². The molecule has 0 spiro atoms. The number of nitrogens with two attached hydrogens (primary N) is 1. The zero-order chi connectivity index (χ0) is 7.56. The third-order valence-electron chi connectivity index (χ3n) is 2.05. The molecule has 0 aromatic carbocycles. The molecular formula is C7H14N2O. The summed E-state index contributed by atoms with van der Waals surface area (Å²) in [6, 6.07) is 0.187. The molecule has 0 saturated carbocycles. The normalized spacial score (nSPS) is 24.1. The Morgan fingerprint density at radius 1 is 1.80 bits per heavy atom. The van der Waals surface area contributed by atoms with E-state index < -0.39 is 0 Å². The van der Waals surface area contributed by atoms with Crippen LogP contribution in [-0.4, -0.2) is 23.5 Å². The summed E-state index contributed by atoms with van der Waals surface area (Å²) < 4.78 is 0. The Kier molecular flexibility index (Phi) is 2.14. The SMILES string of the molecule is CCCC1CCN1C(N)=O. The lowest BCUT2D eigenvalue weighted by molar-refractivity contribution is 0.116. The minimum Gasteiger partial charge on any atom is -0.351 e. The van der Waals surface area contributed by atoms with Crippen LogP contribution in [0.1, 0.15) is 26.2 Å². The molecule has 10 heavy (non-hydrogen) atoms. The number of urea groups is 1. The fourth-order valence-corrected chi connectivity index (χ4v) is 1.36. The van der Waals surface area contributed by atoms with Gasteiger partial charge in [0.25, 0.3) is 0 Å². The van der Waals surface area contributed by atoms with E-state index in [1.54, 1.807) is 4.90 Å². The molecule has 1 aliphatic rings. The molecule has 0 aliphatic carbocycles. The first-order valence-corrected chi connectivity index (χ1v) is 3.81. The first-order chi connectivity index (χ1) is 4.75. The van der Waals surface area contributed by atoms with Crippen LogP contribution in [0.15, 0.2) is 0 Å². The number of hydrogen-bond acceptors (Lipinski definition) is 1. The van der Waals surface area contributed by atoms with Crippen molar-refractivity contribution in [1.82, 2.24) is 4.90 Å². The van der Waals surface area contributed by atoms with Crippen molar-refractivity contribution in [2.45, 2.75) is 32.2 Å². The summed E-state index contributed by atoms with van der Waals surface area (Å²) in [5, 5.41) is 0. The molecule has 0 aromatic rings. The molecule has 58 valence electrons. The number of hydrogen-bond donors (Lipinski definition) is 1. The van der Waals surface area contributed by atoms with Gasteiger partial charge in [-0.2, -0.15) is 0 Å².